The van der Waals surface area contributed by atoms with Gasteiger partial charge in [0.15, 0.2) is 0 Å². The minimum atomic E-state index is -4.40. The van der Waals surface area contributed by atoms with Gasteiger partial charge in [-0.2, -0.15) is 13.2 Å². The van der Waals surface area contributed by atoms with Gasteiger partial charge in [-0.15, -0.1) is 11.8 Å². The molecule has 0 unspecified atom stereocenters. The van der Waals surface area contributed by atoms with Gasteiger partial charge in [0.2, 0.25) is 5.91 Å². The third-order valence-electron chi connectivity index (χ3n) is 3.62. The van der Waals surface area contributed by atoms with E-state index < -0.39 is 17.2 Å². The molecule has 1 rings (SSSR count). The third kappa shape index (κ3) is 7.37. The Balaban J connectivity index is 2.52. The second-order valence-corrected chi connectivity index (χ2v) is 7.22. The first-order valence-corrected chi connectivity index (χ1v) is 8.81. The molecule has 0 aliphatic heterocycles. The number of nitrogens with one attached hydrogen (secondary N) is 1. The number of rotatable bonds is 8. The number of hydrogen-bond acceptors (Lipinski definition) is 4. The molecule has 1 aromatic carbocycles. The lowest BCUT2D eigenvalue weighted by Gasteiger charge is -2.26. The van der Waals surface area contributed by atoms with Crippen molar-refractivity contribution in [2.45, 2.75) is 31.9 Å². The third-order valence-corrected chi connectivity index (χ3v) is 4.55. The summed E-state index contributed by atoms with van der Waals surface area (Å²) in [6, 6.07) is 5.12. The Morgan fingerprint density at radius 2 is 1.84 bits per heavy atom. The first-order valence-electron chi connectivity index (χ1n) is 7.65. The zero-order chi connectivity index (χ0) is 19.1. The smallest absolute Gasteiger partial charge is 0.416 e. The summed E-state index contributed by atoms with van der Waals surface area (Å²) >= 11 is 1.29. The van der Waals surface area contributed by atoms with Crippen LogP contribution in [0.2, 0.25) is 0 Å². The molecule has 0 bridgehead atoms. The Bertz CT molecular complexity index is 603. The van der Waals surface area contributed by atoms with Crippen molar-refractivity contribution in [3.05, 3.63) is 35.4 Å². The van der Waals surface area contributed by atoms with Crippen LogP contribution in [-0.4, -0.2) is 37.0 Å². The standard InChI is InChI=1S/C17H22F3NO3S/c1-16(2,12-5-4-6-13(9-12)17(18,19)20)11-21-14(22)7-8-25-10-15(23)24-3/h4-6,9H,7-8,10-11H2,1-3H3,(H,21,22). The predicted octanol–water partition coefficient (Wildman–Crippen LogP) is 3.40. The molecule has 140 valence electrons. The number of thioether (sulfide) groups is 1. The maximum atomic E-state index is 12.8. The van der Waals surface area contributed by atoms with Crippen LogP contribution in [0.15, 0.2) is 24.3 Å². The van der Waals surface area contributed by atoms with Gasteiger partial charge in [0, 0.05) is 24.1 Å². The highest BCUT2D eigenvalue weighted by molar-refractivity contribution is 7.99. The monoisotopic (exact) mass is 377 g/mol. The van der Waals surface area contributed by atoms with E-state index in [9.17, 15) is 22.8 Å². The first kappa shape index (κ1) is 21.3. The molecule has 0 aliphatic rings. The summed E-state index contributed by atoms with van der Waals surface area (Å²) in [5.41, 5.74) is -0.845. The average Bonchev–Trinajstić information content (AvgIpc) is 2.56. The molecule has 0 heterocycles. The van der Waals surface area contributed by atoms with Gasteiger partial charge in [0.05, 0.1) is 18.4 Å². The molecular formula is C17H22F3NO3S. The van der Waals surface area contributed by atoms with Crippen molar-refractivity contribution in [2.75, 3.05) is 25.2 Å². The lowest BCUT2D eigenvalue weighted by atomic mass is 9.83. The molecule has 4 nitrogen and oxygen atoms in total. The zero-order valence-corrected chi connectivity index (χ0v) is 15.2. The molecule has 1 aromatic rings. The second kappa shape index (κ2) is 9.12. The summed E-state index contributed by atoms with van der Waals surface area (Å²) in [4.78, 5) is 22.8. The van der Waals surface area contributed by atoms with E-state index in [2.05, 4.69) is 10.1 Å². The van der Waals surface area contributed by atoms with E-state index in [0.29, 0.717) is 11.3 Å². The largest absolute Gasteiger partial charge is 0.468 e. The Kier molecular flexibility index (Phi) is 7.79. The number of amides is 1. The van der Waals surface area contributed by atoms with Crippen molar-refractivity contribution >= 4 is 23.6 Å². The van der Waals surface area contributed by atoms with E-state index >= 15 is 0 Å². The molecule has 0 spiro atoms. The highest BCUT2D eigenvalue weighted by Crippen LogP contribution is 2.32. The fourth-order valence-electron chi connectivity index (χ4n) is 2.01. The van der Waals surface area contributed by atoms with Crippen LogP contribution in [0.25, 0.3) is 0 Å². The van der Waals surface area contributed by atoms with Crippen LogP contribution in [-0.2, 0) is 25.9 Å². The maximum Gasteiger partial charge on any atom is 0.416 e. The number of benzene rings is 1. The molecule has 0 atom stereocenters. The van der Waals surface area contributed by atoms with E-state index in [1.165, 1.54) is 24.9 Å². The summed E-state index contributed by atoms with van der Waals surface area (Å²) in [6.07, 6.45) is -4.17. The van der Waals surface area contributed by atoms with Gasteiger partial charge in [0.1, 0.15) is 0 Å². The number of carbonyl (C=O) groups excluding carboxylic acids is 2. The van der Waals surface area contributed by atoms with Crippen LogP contribution < -0.4 is 5.32 Å². The Morgan fingerprint density at radius 3 is 2.44 bits per heavy atom. The molecule has 0 aromatic heterocycles. The van der Waals surface area contributed by atoms with Crippen molar-refractivity contribution in [1.82, 2.24) is 5.32 Å². The molecule has 25 heavy (non-hydrogen) atoms. The number of halogens is 3. The van der Waals surface area contributed by atoms with Gasteiger partial charge in [0.25, 0.3) is 0 Å². The summed E-state index contributed by atoms with van der Waals surface area (Å²) in [5, 5.41) is 2.73. The van der Waals surface area contributed by atoms with E-state index in [-0.39, 0.29) is 30.6 Å². The van der Waals surface area contributed by atoms with E-state index in [1.807, 2.05) is 0 Å². The van der Waals surface area contributed by atoms with Gasteiger partial charge < -0.3 is 10.1 Å². The molecule has 0 radical (unpaired) electrons. The van der Waals surface area contributed by atoms with Crippen molar-refractivity contribution in [3.8, 4) is 0 Å². The predicted molar refractivity (Wildman–Crippen MR) is 91.4 cm³/mol. The van der Waals surface area contributed by atoms with Gasteiger partial charge in [-0.1, -0.05) is 32.0 Å². The summed E-state index contributed by atoms with van der Waals surface area (Å²) < 4.78 is 43.0. The number of esters is 1. The van der Waals surface area contributed by atoms with Crippen LogP contribution in [0.1, 0.15) is 31.4 Å². The minimum absolute atomic E-state index is 0.180. The van der Waals surface area contributed by atoms with E-state index in [0.717, 1.165) is 12.1 Å². The van der Waals surface area contributed by atoms with Crippen molar-refractivity contribution in [3.63, 3.8) is 0 Å². The SMILES string of the molecule is COC(=O)CSCCC(=O)NCC(C)(C)c1cccc(C(F)(F)F)c1. The average molecular weight is 377 g/mol. The topological polar surface area (TPSA) is 55.4 Å². The Labute approximate surface area is 149 Å². The molecule has 1 amide bonds. The van der Waals surface area contributed by atoms with Gasteiger partial charge >= 0.3 is 12.1 Å². The highest BCUT2D eigenvalue weighted by Gasteiger charge is 2.32. The number of alkyl halides is 3. The second-order valence-electron chi connectivity index (χ2n) is 6.12. The zero-order valence-electron chi connectivity index (χ0n) is 14.4. The molecule has 0 saturated heterocycles. The minimum Gasteiger partial charge on any atom is -0.468 e. The molecule has 8 heteroatoms. The lowest BCUT2D eigenvalue weighted by molar-refractivity contribution is -0.138. The van der Waals surface area contributed by atoms with Crippen molar-refractivity contribution < 1.29 is 27.5 Å². The molecule has 0 saturated carbocycles. The fraction of sp³-hybridized carbons (Fsp3) is 0.529. The first-order chi connectivity index (χ1) is 11.6. The Morgan fingerprint density at radius 1 is 1.20 bits per heavy atom. The number of hydrogen-bond donors (Lipinski definition) is 1. The van der Waals surface area contributed by atoms with Gasteiger partial charge in [-0.3, -0.25) is 9.59 Å². The van der Waals surface area contributed by atoms with Crippen LogP contribution in [0.4, 0.5) is 13.2 Å². The van der Waals surface area contributed by atoms with E-state index in [4.69, 9.17) is 0 Å². The maximum absolute atomic E-state index is 12.8. The normalized spacial score (nSPS) is 11.9. The van der Waals surface area contributed by atoms with Gasteiger partial charge in [-0.25, -0.2) is 0 Å². The molecule has 0 fully saturated rings. The van der Waals surface area contributed by atoms with Crippen LogP contribution in [0, 0.1) is 0 Å². The summed E-state index contributed by atoms with van der Waals surface area (Å²) in [7, 11) is 1.30. The van der Waals surface area contributed by atoms with Crippen LogP contribution >= 0.6 is 11.8 Å². The number of methoxy groups -OCH3 is 1. The summed E-state index contributed by atoms with van der Waals surface area (Å²) in [5.74, 6) is 0.0817. The number of carbonyl (C=O) groups is 2. The fourth-order valence-corrected chi connectivity index (χ4v) is 2.76. The quantitative estimate of drug-likeness (QED) is 0.557. The lowest BCUT2D eigenvalue weighted by Crippen LogP contribution is -2.37. The van der Waals surface area contributed by atoms with Crippen LogP contribution in [0.5, 0.6) is 0 Å². The molecule has 0 aliphatic carbocycles. The Hall–Kier alpha value is -1.70. The molecule has 1 N–H and O–H groups in total. The van der Waals surface area contributed by atoms with Gasteiger partial charge in [-0.05, 0) is 11.6 Å². The molecular weight excluding hydrogens is 355 g/mol. The summed E-state index contributed by atoms with van der Waals surface area (Å²) in [6.45, 7) is 3.76. The van der Waals surface area contributed by atoms with Crippen LogP contribution in [0.3, 0.4) is 0 Å². The number of ether oxygens (including phenoxy) is 1. The highest BCUT2D eigenvalue weighted by atomic mass is 32.2. The van der Waals surface area contributed by atoms with Crippen molar-refractivity contribution in [2.24, 2.45) is 0 Å². The van der Waals surface area contributed by atoms with E-state index in [1.54, 1.807) is 19.9 Å². The van der Waals surface area contributed by atoms with Crippen molar-refractivity contribution in [1.29, 1.82) is 0 Å².